The van der Waals surface area contributed by atoms with Gasteiger partial charge in [-0.2, -0.15) is 0 Å². The molecule has 0 spiro atoms. The second-order valence-corrected chi connectivity index (χ2v) is 22.7. The summed E-state index contributed by atoms with van der Waals surface area (Å²) in [4.78, 5) is 36.4. The number of aromatic nitrogens is 7. The van der Waals surface area contributed by atoms with Crippen LogP contribution in [0.2, 0.25) is 0 Å². The topological polar surface area (TPSA) is 173 Å². The van der Waals surface area contributed by atoms with Crippen molar-refractivity contribution in [1.82, 2.24) is 34.9 Å². The van der Waals surface area contributed by atoms with E-state index in [1.165, 1.54) is 24.5 Å². The minimum absolute atomic E-state index is 0.0202. The molecule has 9 heterocycles. The van der Waals surface area contributed by atoms with Crippen molar-refractivity contribution in [2.75, 3.05) is 72.7 Å². The quantitative estimate of drug-likeness (QED) is 0.0984. The van der Waals surface area contributed by atoms with Crippen LogP contribution in [0.5, 0.6) is 0 Å². The molecule has 2 fully saturated rings. The molecule has 404 valence electrons. The third kappa shape index (κ3) is 11.0. The molecule has 2 unspecified atom stereocenters. The number of morpholine rings is 2. The summed E-state index contributed by atoms with van der Waals surface area (Å²) < 4.78 is 103. The molecule has 2 N–H and O–H groups in total. The van der Waals surface area contributed by atoms with Gasteiger partial charge in [0.05, 0.1) is 103 Å². The lowest BCUT2D eigenvalue weighted by Gasteiger charge is -2.35. The molecule has 2 atom stereocenters. The van der Waals surface area contributed by atoms with E-state index >= 15 is 13.2 Å². The van der Waals surface area contributed by atoms with Crippen molar-refractivity contribution >= 4 is 82.0 Å². The van der Waals surface area contributed by atoms with E-state index in [0.717, 1.165) is 24.2 Å². The summed E-state index contributed by atoms with van der Waals surface area (Å²) >= 11 is 3.65. The Hall–Kier alpha value is -7.72. The van der Waals surface area contributed by atoms with Gasteiger partial charge in [0, 0.05) is 128 Å². The highest BCUT2D eigenvalue weighted by molar-refractivity contribution is 9.10. The van der Waals surface area contributed by atoms with Crippen LogP contribution in [0.25, 0.3) is 55.7 Å². The molecule has 79 heavy (non-hydrogen) atoms. The van der Waals surface area contributed by atoms with Gasteiger partial charge in [-0.15, -0.1) is 0 Å². The first-order valence-corrected chi connectivity index (χ1v) is 28.2. The summed E-state index contributed by atoms with van der Waals surface area (Å²) in [6, 6.07) is 19.1. The molecular formula is C58H52BrF4N11O4S. The first-order valence-electron chi connectivity index (χ1n) is 25.6. The number of nitrogens with one attached hydrogen (secondary N) is 2. The Morgan fingerprint density at radius 3 is 2.04 bits per heavy atom. The van der Waals surface area contributed by atoms with Crippen LogP contribution < -0.4 is 20.4 Å². The minimum Gasteiger partial charge on any atom is -0.378 e. The van der Waals surface area contributed by atoms with Gasteiger partial charge in [0.2, 0.25) is 0 Å². The van der Waals surface area contributed by atoms with Crippen LogP contribution in [0.15, 0.2) is 119 Å². The first-order chi connectivity index (χ1) is 38.1. The van der Waals surface area contributed by atoms with Crippen LogP contribution in [0, 0.1) is 43.0 Å². The SMILES string of the molecule is Cc1c(-c2ccccn2)nc2cc(F)cc(F)c2c1Nc1cc(N2CCOC(CC(C)Cc3c(F)cc4nc(-c5ccccn5)c(C)c(Nc5cc(N6CCOCC6)ncc5Br)c4c3F)C2)ncc1-c1cncc(S(C)(=O)=O)c1. The third-order valence-corrected chi connectivity index (χ3v) is 16.0. The van der Waals surface area contributed by atoms with Crippen LogP contribution in [-0.2, 0) is 25.7 Å². The van der Waals surface area contributed by atoms with Crippen LogP contribution in [0.4, 0.5) is 51.9 Å². The number of nitrogens with zero attached hydrogens (tertiary/aromatic N) is 9. The van der Waals surface area contributed by atoms with Gasteiger partial charge in [-0.3, -0.25) is 15.0 Å². The summed E-state index contributed by atoms with van der Waals surface area (Å²) in [5.41, 5.74) is 5.66. The number of ether oxygens (including phenoxy) is 2. The van der Waals surface area contributed by atoms with Gasteiger partial charge in [-0.05, 0) is 78.9 Å². The summed E-state index contributed by atoms with van der Waals surface area (Å²) in [5.74, 6) is -2.17. The highest BCUT2D eigenvalue weighted by Gasteiger charge is 2.29. The molecule has 0 saturated carbocycles. The van der Waals surface area contributed by atoms with Gasteiger partial charge in [-0.25, -0.2) is 45.9 Å². The van der Waals surface area contributed by atoms with Crippen molar-refractivity contribution in [2.45, 2.75) is 44.6 Å². The maximum absolute atomic E-state index is 17.5. The molecular weight excluding hydrogens is 1100 g/mol. The van der Waals surface area contributed by atoms with Crippen LogP contribution in [0.1, 0.15) is 30.0 Å². The van der Waals surface area contributed by atoms with Gasteiger partial charge >= 0.3 is 0 Å². The number of fused-ring (bicyclic) bond motifs is 2. The Balaban J connectivity index is 0.911. The number of sulfone groups is 1. The molecule has 11 rings (SSSR count). The molecule has 0 aliphatic carbocycles. The van der Waals surface area contributed by atoms with E-state index in [2.05, 4.69) is 56.4 Å². The monoisotopic (exact) mass is 1150 g/mol. The van der Waals surface area contributed by atoms with Crippen molar-refractivity contribution in [3.8, 4) is 33.9 Å². The van der Waals surface area contributed by atoms with E-state index in [-0.39, 0.29) is 50.3 Å². The number of halogens is 5. The zero-order valence-electron chi connectivity index (χ0n) is 43.4. The predicted molar refractivity (Wildman–Crippen MR) is 301 cm³/mol. The molecule has 2 aliphatic heterocycles. The molecule has 15 nitrogen and oxygen atoms in total. The summed E-state index contributed by atoms with van der Waals surface area (Å²) in [6.45, 7) is 9.06. The van der Waals surface area contributed by atoms with Crippen molar-refractivity contribution in [3.63, 3.8) is 0 Å². The maximum atomic E-state index is 17.5. The Bertz CT molecular complexity index is 3920. The Labute approximate surface area is 461 Å². The van der Waals surface area contributed by atoms with Crippen LogP contribution >= 0.6 is 15.9 Å². The van der Waals surface area contributed by atoms with E-state index in [0.29, 0.717) is 125 Å². The lowest BCUT2D eigenvalue weighted by molar-refractivity contribution is 0.0257. The highest BCUT2D eigenvalue weighted by Crippen LogP contribution is 2.43. The molecule has 9 aromatic rings. The fourth-order valence-electron chi connectivity index (χ4n) is 10.3. The molecule has 2 saturated heterocycles. The van der Waals surface area contributed by atoms with Crippen molar-refractivity contribution in [1.29, 1.82) is 0 Å². The van der Waals surface area contributed by atoms with Gasteiger partial charge in [0.1, 0.15) is 34.9 Å². The second kappa shape index (κ2) is 22.2. The zero-order valence-corrected chi connectivity index (χ0v) is 45.8. The van der Waals surface area contributed by atoms with Crippen LogP contribution in [-0.4, -0.2) is 102 Å². The van der Waals surface area contributed by atoms with E-state index in [4.69, 9.17) is 19.4 Å². The predicted octanol–water partition coefficient (Wildman–Crippen LogP) is 11.9. The Morgan fingerprint density at radius 1 is 0.722 bits per heavy atom. The molecule has 0 radical (unpaired) electrons. The first kappa shape index (κ1) is 53.3. The summed E-state index contributed by atoms with van der Waals surface area (Å²) in [7, 11) is -3.68. The van der Waals surface area contributed by atoms with Gasteiger partial charge < -0.3 is 29.9 Å². The number of hydrogen-bond donors (Lipinski definition) is 2. The van der Waals surface area contributed by atoms with E-state index in [1.54, 1.807) is 68.1 Å². The van der Waals surface area contributed by atoms with Gasteiger partial charge in [0.25, 0.3) is 0 Å². The largest absolute Gasteiger partial charge is 0.378 e. The lowest BCUT2D eigenvalue weighted by Crippen LogP contribution is -2.43. The number of hydrogen-bond acceptors (Lipinski definition) is 15. The maximum Gasteiger partial charge on any atom is 0.177 e. The Morgan fingerprint density at radius 2 is 1.35 bits per heavy atom. The van der Waals surface area contributed by atoms with E-state index < -0.39 is 39.2 Å². The van der Waals surface area contributed by atoms with Crippen molar-refractivity contribution < 1.29 is 35.5 Å². The van der Waals surface area contributed by atoms with Crippen LogP contribution in [0.3, 0.4) is 0 Å². The van der Waals surface area contributed by atoms with Gasteiger partial charge in [0.15, 0.2) is 9.84 Å². The average Bonchev–Trinajstić information content (AvgIpc) is 3.47. The molecule has 2 aliphatic rings. The average molecular weight is 1160 g/mol. The van der Waals surface area contributed by atoms with E-state index in [9.17, 15) is 12.8 Å². The molecule has 7 aromatic heterocycles. The fourth-order valence-corrected chi connectivity index (χ4v) is 11.2. The summed E-state index contributed by atoms with van der Waals surface area (Å²) in [6.07, 6.45) is 10.4. The number of rotatable bonds is 14. The molecule has 0 bridgehead atoms. The lowest BCUT2D eigenvalue weighted by atomic mass is 9.92. The minimum atomic E-state index is -3.68. The molecule has 2 aromatic carbocycles. The smallest absolute Gasteiger partial charge is 0.177 e. The number of anilines is 6. The van der Waals surface area contributed by atoms with Crippen molar-refractivity contribution in [2.24, 2.45) is 5.92 Å². The number of pyridine rings is 7. The second-order valence-electron chi connectivity index (χ2n) is 19.8. The van der Waals surface area contributed by atoms with Crippen molar-refractivity contribution in [3.05, 3.63) is 154 Å². The van der Waals surface area contributed by atoms with Gasteiger partial charge in [-0.1, -0.05) is 19.1 Å². The molecule has 0 amide bonds. The fraction of sp³-hybridized carbons (Fsp3) is 0.259. The third-order valence-electron chi connectivity index (χ3n) is 14.3. The standard InChI is InChI=1S/C58H52BrF4N11O4S/c1-32(20-39-42(61)24-49-53(54(39)63)58(34(3)56(72-49)45-10-6-8-12-66-45)70-47-26-50(68-30-41(47)59)73-13-16-77-17-14-73)19-37-31-74(15-18-78-37)51-25-46(40(29-67-51)35-21-38(28-64-27-35)79(4,75)76)69-57-33(2)55(44-9-5-7-11-65-44)71-48-23-36(60)22-43(62)52(48)57/h5-12,21-30,32,37H,13-20,31H2,1-4H3,(H,67,69,71)(H,68,70,72). The highest BCUT2D eigenvalue weighted by atomic mass is 79.9. The number of benzene rings is 2. The zero-order chi connectivity index (χ0) is 55.1. The summed E-state index contributed by atoms with van der Waals surface area (Å²) in [5, 5.41) is 7.08. The molecule has 21 heteroatoms. The van der Waals surface area contributed by atoms with E-state index in [1.807, 2.05) is 30.9 Å². The Kier molecular flexibility index (Phi) is 15.0. The normalized spacial score (nSPS) is 15.4.